The molecule has 1 N–H and O–H groups in total. The molecule has 2 nitrogen and oxygen atoms in total. The summed E-state index contributed by atoms with van der Waals surface area (Å²) in [6.07, 6.45) is 0. The van der Waals surface area contributed by atoms with Crippen molar-refractivity contribution in [3.8, 4) is 0 Å². The van der Waals surface area contributed by atoms with Gasteiger partial charge >= 0.3 is 5.97 Å². The summed E-state index contributed by atoms with van der Waals surface area (Å²) in [5.41, 5.74) is 0.564. The van der Waals surface area contributed by atoms with Crippen LogP contribution in [0, 0.1) is 5.82 Å². The third-order valence-corrected chi connectivity index (χ3v) is 5.31. The molecule has 21 heavy (non-hydrogen) atoms. The monoisotopic (exact) mass is 318 g/mol. The van der Waals surface area contributed by atoms with Crippen LogP contribution in [0.3, 0.4) is 0 Å². The van der Waals surface area contributed by atoms with Crippen LogP contribution in [0.4, 0.5) is 4.39 Å². The Morgan fingerprint density at radius 3 is 2.62 bits per heavy atom. The minimum Gasteiger partial charge on any atom is -0.477 e. The Kier molecular flexibility index (Phi) is 3.94. The van der Waals surface area contributed by atoms with Gasteiger partial charge in [0.1, 0.15) is 10.7 Å². The van der Waals surface area contributed by atoms with E-state index in [9.17, 15) is 14.3 Å². The van der Waals surface area contributed by atoms with Gasteiger partial charge in [0.2, 0.25) is 0 Å². The second-order valence-electron chi connectivity index (χ2n) is 4.43. The van der Waals surface area contributed by atoms with Gasteiger partial charge in [-0.05, 0) is 29.8 Å². The van der Waals surface area contributed by atoms with Crippen LogP contribution in [0.15, 0.2) is 53.4 Å². The Balaban J connectivity index is 2.03. The van der Waals surface area contributed by atoms with Crippen LogP contribution in [0.1, 0.15) is 15.2 Å². The lowest BCUT2D eigenvalue weighted by atomic mass is 10.1. The molecule has 0 saturated carbocycles. The quantitative estimate of drug-likeness (QED) is 0.685. The van der Waals surface area contributed by atoms with Gasteiger partial charge in [-0.3, -0.25) is 0 Å². The van der Waals surface area contributed by atoms with Crippen molar-refractivity contribution in [2.45, 2.75) is 10.6 Å². The Morgan fingerprint density at radius 1 is 1.14 bits per heavy atom. The first-order valence-corrected chi connectivity index (χ1v) is 8.08. The fraction of sp³-hybridized carbons (Fsp3) is 0.0625. The zero-order valence-corrected chi connectivity index (χ0v) is 12.5. The maximum atomic E-state index is 14.1. The van der Waals surface area contributed by atoms with E-state index in [0.717, 1.165) is 16.2 Å². The average molecular weight is 318 g/mol. The lowest BCUT2D eigenvalue weighted by Gasteiger charge is -2.03. The number of carboxylic acids is 1. The van der Waals surface area contributed by atoms with Gasteiger partial charge in [0, 0.05) is 20.7 Å². The molecule has 5 heteroatoms. The Morgan fingerprint density at radius 2 is 1.90 bits per heavy atom. The average Bonchev–Trinajstić information content (AvgIpc) is 2.86. The lowest BCUT2D eigenvalue weighted by Crippen LogP contribution is -1.97. The Labute approximate surface area is 129 Å². The number of halogens is 1. The lowest BCUT2D eigenvalue weighted by molar-refractivity contribution is 0.0701. The zero-order valence-electron chi connectivity index (χ0n) is 10.9. The van der Waals surface area contributed by atoms with E-state index < -0.39 is 5.97 Å². The van der Waals surface area contributed by atoms with Crippen molar-refractivity contribution < 1.29 is 14.3 Å². The highest BCUT2D eigenvalue weighted by atomic mass is 32.2. The van der Waals surface area contributed by atoms with Gasteiger partial charge in [-0.1, -0.05) is 24.3 Å². The fourth-order valence-corrected chi connectivity index (χ4v) is 4.26. The van der Waals surface area contributed by atoms with Gasteiger partial charge in [-0.15, -0.1) is 23.1 Å². The standard InChI is InChI=1S/C16H11FO2S2/c17-12-7-4-8-13-14(12)11(15(21-13)16(18)19)9-20-10-5-2-1-3-6-10/h1-8H,9H2,(H,18,19). The number of rotatable bonds is 4. The molecule has 0 spiro atoms. The van der Waals surface area contributed by atoms with Gasteiger partial charge in [-0.25, -0.2) is 9.18 Å². The van der Waals surface area contributed by atoms with Gasteiger partial charge in [-0.2, -0.15) is 0 Å². The number of benzene rings is 2. The summed E-state index contributed by atoms with van der Waals surface area (Å²) in [4.78, 5) is 12.6. The highest BCUT2D eigenvalue weighted by Gasteiger charge is 2.20. The molecule has 2 aromatic carbocycles. The molecule has 0 aliphatic carbocycles. The van der Waals surface area contributed by atoms with Crippen LogP contribution in [-0.2, 0) is 5.75 Å². The molecule has 0 radical (unpaired) electrons. The van der Waals surface area contributed by atoms with Crippen LogP contribution in [0.25, 0.3) is 10.1 Å². The summed E-state index contributed by atoms with van der Waals surface area (Å²) in [6.45, 7) is 0. The number of carbonyl (C=O) groups is 1. The van der Waals surface area contributed by atoms with E-state index in [4.69, 9.17) is 0 Å². The molecule has 0 saturated heterocycles. The summed E-state index contributed by atoms with van der Waals surface area (Å²) < 4.78 is 14.7. The summed E-state index contributed by atoms with van der Waals surface area (Å²) in [6, 6.07) is 14.4. The molecule has 106 valence electrons. The summed E-state index contributed by atoms with van der Waals surface area (Å²) in [5, 5.41) is 9.77. The van der Waals surface area contributed by atoms with Gasteiger partial charge in [0.05, 0.1) is 0 Å². The molecule has 3 aromatic rings. The van der Waals surface area contributed by atoms with Crippen molar-refractivity contribution >= 4 is 39.2 Å². The number of hydrogen-bond donors (Lipinski definition) is 1. The molecule has 0 amide bonds. The zero-order chi connectivity index (χ0) is 14.8. The smallest absolute Gasteiger partial charge is 0.346 e. The van der Waals surface area contributed by atoms with Gasteiger partial charge < -0.3 is 5.11 Å². The topological polar surface area (TPSA) is 37.3 Å². The minimum atomic E-state index is -1.00. The largest absolute Gasteiger partial charge is 0.477 e. The molecule has 0 unspecified atom stereocenters. The second kappa shape index (κ2) is 5.87. The van der Waals surface area contributed by atoms with Crippen LogP contribution in [-0.4, -0.2) is 11.1 Å². The molecule has 3 rings (SSSR count). The first kappa shape index (κ1) is 14.1. The molecule has 0 aliphatic heterocycles. The maximum absolute atomic E-state index is 14.1. The summed E-state index contributed by atoms with van der Waals surface area (Å²) in [7, 11) is 0. The number of thioether (sulfide) groups is 1. The van der Waals surface area contributed by atoms with E-state index >= 15 is 0 Å². The molecule has 1 aromatic heterocycles. The number of aromatic carboxylic acids is 1. The van der Waals surface area contributed by atoms with Gasteiger partial charge in [0.25, 0.3) is 0 Å². The van der Waals surface area contributed by atoms with Crippen LogP contribution < -0.4 is 0 Å². The molecule has 1 heterocycles. The van der Waals surface area contributed by atoms with Crippen molar-refractivity contribution in [1.82, 2.24) is 0 Å². The molecular weight excluding hydrogens is 307 g/mol. The molecule has 0 fully saturated rings. The first-order chi connectivity index (χ1) is 10.2. The predicted octanol–water partition coefficient (Wildman–Crippen LogP) is 5.03. The van der Waals surface area contributed by atoms with Crippen molar-refractivity contribution in [2.24, 2.45) is 0 Å². The maximum Gasteiger partial charge on any atom is 0.346 e. The van der Waals surface area contributed by atoms with Crippen LogP contribution >= 0.6 is 23.1 Å². The molecule has 0 bridgehead atoms. The van der Waals surface area contributed by atoms with Crippen molar-refractivity contribution in [2.75, 3.05) is 0 Å². The van der Waals surface area contributed by atoms with E-state index in [1.54, 1.807) is 12.1 Å². The van der Waals surface area contributed by atoms with E-state index in [2.05, 4.69) is 0 Å². The van der Waals surface area contributed by atoms with E-state index in [0.29, 0.717) is 21.4 Å². The second-order valence-corrected chi connectivity index (χ2v) is 6.53. The summed E-state index contributed by atoms with van der Waals surface area (Å²) in [5.74, 6) is -0.925. The fourth-order valence-electron chi connectivity index (χ4n) is 2.15. The van der Waals surface area contributed by atoms with E-state index in [1.165, 1.54) is 17.8 Å². The number of fused-ring (bicyclic) bond motifs is 1. The van der Waals surface area contributed by atoms with Crippen LogP contribution in [0.2, 0.25) is 0 Å². The van der Waals surface area contributed by atoms with Crippen molar-refractivity contribution in [3.05, 3.63) is 64.8 Å². The number of hydrogen-bond acceptors (Lipinski definition) is 3. The van der Waals surface area contributed by atoms with Gasteiger partial charge in [0.15, 0.2) is 0 Å². The first-order valence-electron chi connectivity index (χ1n) is 6.28. The van der Waals surface area contributed by atoms with Crippen molar-refractivity contribution in [1.29, 1.82) is 0 Å². The Bertz CT molecular complexity index is 797. The third-order valence-electron chi connectivity index (χ3n) is 3.08. The summed E-state index contributed by atoms with van der Waals surface area (Å²) >= 11 is 2.64. The number of thiophene rings is 1. The third kappa shape index (κ3) is 2.80. The highest BCUT2D eigenvalue weighted by Crippen LogP contribution is 2.37. The Hall–Kier alpha value is -1.85. The normalized spacial score (nSPS) is 10.9. The predicted molar refractivity (Wildman–Crippen MR) is 84.7 cm³/mol. The van der Waals surface area contributed by atoms with E-state index in [-0.39, 0.29) is 10.7 Å². The highest BCUT2D eigenvalue weighted by molar-refractivity contribution is 7.98. The molecule has 0 atom stereocenters. The minimum absolute atomic E-state index is 0.221. The van der Waals surface area contributed by atoms with Crippen molar-refractivity contribution in [3.63, 3.8) is 0 Å². The van der Waals surface area contributed by atoms with E-state index in [1.807, 2.05) is 30.3 Å². The number of carboxylic acid groups (broad SMARTS) is 1. The molecular formula is C16H11FO2S2. The molecule has 0 aliphatic rings. The SMILES string of the molecule is O=C(O)c1sc2cccc(F)c2c1CSc1ccccc1. The van der Waals surface area contributed by atoms with Crippen LogP contribution in [0.5, 0.6) is 0 Å².